The van der Waals surface area contributed by atoms with Crippen LogP contribution in [0.4, 0.5) is 0 Å². The van der Waals surface area contributed by atoms with E-state index in [1.807, 2.05) is 31.2 Å². The van der Waals surface area contributed by atoms with Crippen LogP contribution in [0.15, 0.2) is 42.5 Å². The second-order valence-electron chi connectivity index (χ2n) is 5.66. The van der Waals surface area contributed by atoms with Gasteiger partial charge in [-0.25, -0.2) is 0 Å². The predicted molar refractivity (Wildman–Crippen MR) is 81.3 cm³/mol. The number of hydrogen-bond donors (Lipinski definition) is 2. The van der Waals surface area contributed by atoms with Crippen LogP contribution in [0.1, 0.15) is 32.8 Å². The summed E-state index contributed by atoms with van der Waals surface area (Å²) in [6, 6.07) is 14.8. The van der Waals surface area contributed by atoms with Gasteiger partial charge in [0.25, 0.3) is 0 Å². The molecule has 2 nitrogen and oxygen atoms in total. The largest absolute Gasteiger partial charge is 0.385 e. The number of benzene rings is 2. The summed E-state index contributed by atoms with van der Waals surface area (Å²) in [6.45, 7) is 6.95. The normalized spacial score (nSPS) is 14.8. The first-order chi connectivity index (χ1) is 9.00. The van der Waals surface area contributed by atoms with Crippen LogP contribution in [0, 0.1) is 0 Å². The van der Waals surface area contributed by atoms with Crippen LogP contribution >= 0.6 is 0 Å². The van der Waals surface area contributed by atoms with Crippen molar-refractivity contribution >= 4 is 10.8 Å². The van der Waals surface area contributed by atoms with Gasteiger partial charge in [-0.1, -0.05) is 56.3 Å². The number of aliphatic hydroxyl groups is 1. The minimum Gasteiger partial charge on any atom is -0.385 e. The third-order valence-corrected chi connectivity index (χ3v) is 3.53. The molecule has 0 aliphatic heterocycles. The van der Waals surface area contributed by atoms with Crippen molar-refractivity contribution in [1.29, 1.82) is 0 Å². The van der Waals surface area contributed by atoms with E-state index in [-0.39, 0.29) is 0 Å². The van der Waals surface area contributed by atoms with Crippen LogP contribution in [-0.2, 0) is 5.60 Å². The Balaban J connectivity index is 2.27. The number of nitrogens with one attached hydrogen (secondary N) is 1. The van der Waals surface area contributed by atoms with Crippen molar-refractivity contribution in [2.45, 2.75) is 38.8 Å². The number of rotatable bonds is 5. The molecule has 102 valence electrons. The van der Waals surface area contributed by atoms with Crippen molar-refractivity contribution in [3.63, 3.8) is 0 Å². The van der Waals surface area contributed by atoms with Gasteiger partial charge in [-0.05, 0) is 36.2 Å². The molecular formula is C17H23NO. The van der Waals surface area contributed by atoms with Crippen molar-refractivity contribution in [3.05, 3.63) is 48.0 Å². The molecular weight excluding hydrogens is 234 g/mol. The quantitative estimate of drug-likeness (QED) is 0.860. The summed E-state index contributed by atoms with van der Waals surface area (Å²) in [5, 5.41) is 16.4. The second kappa shape index (κ2) is 5.72. The van der Waals surface area contributed by atoms with Gasteiger partial charge < -0.3 is 10.4 Å². The number of fused-ring (bicyclic) bond motifs is 1. The third-order valence-electron chi connectivity index (χ3n) is 3.53. The summed E-state index contributed by atoms with van der Waals surface area (Å²) < 4.78 is 0. The highest BCUT2D eigenvalue weighted by Gasteiger charge is 2.24. The summed E-state index contributed by atoms with van der Waals surface area (Å²) in [7, 11) is 0. The van der Waals surface area contributed by atoms with Crippen LogP contribution in [0.25, 0.3) is 10.8 Å². The Morgan fingerprint density at radius 2 is 1.79 bits per heavy atom. The molecule has 0 aromatic heterocycles. The fourth-order valence-electron chi connectivity index (χ4n) is 2.43. The highest BCUT2D eigenvalue weighted by Crippen LogP contribution is 2.30. The maximum atomic E-state index is 10.8. The van der Waals surface area contributed by atoms with Gasteiger partial charge in [-0.15, -0.1) is 0 Å². The van der Waals surface area contributed by atoms with E-state index in [2.05, 4.69) is 37.4 Å². The lowest BCUT2D eigenvalue weighted by atomic mass is 9.88. The molecule has 2 aromatic rings. The smallest absolute Gasteiger partial charge is 0.0886 e. The van der Waals surface area contributed by atoms with Crippen molar-refractivity contribution < 1.29 is 5.11 Å². The fourth-order valence-corrected chi connectivity index (χ4v) is 2.43. The summed E-state index contributed by atoms with van der Waals surface area (Å²) in [5.74, 6) is 0. The van der Waals surface area contributed by atoms with E-state index in [1.54, 1.807) is 0 Å². The Labute approximate surface area is 115 Å². The Morgan fingerprint density at radius 3 is 2.53 bits per heavy atom. The highest BCUT2D eigenvalue weighted by atomic mass is 16.3. The first kappa shape index (κ1) is 14.0. The molecule has 2 N–H and O–H groups in total. The monoisotopic (exact) mass is 257 g/mol. The summed E-state index contributed by atoms with van der Waals surface area (Å²) in [4.78, 5) is 0. The molecule has 0 aliphatic carbocycles. The molecule has 1 unspecified atom stereocenters. The van der Waals surface area contributed by atoms with E-state index >= 15 is 0 Å². The standard InChI is InChI=1S/C17H23NO/c1-13(2)18-12-11-17(3,19)16-10-6-8-14-7-4-5-9-15(14)16/h4-10,13,18-19H,11-12H2,1-3H3. The molecule has 0 saturated heterocycles. The molecule has 2 heteroatoms. The van der Waals surface area contributed by atoms with Crippen molar-refractivity contribution in [2.24, 2.45) is 0 Å². The topological polar surface area (TPSA) is 32.3 Å². The lowest BCUT2D eigenvalue weighted by Gasteiger charge is -2.26. The fraction of sp³-hybridized carbons (Fsp3) is 0.412. The van der Waals surface area contributed by atoms with E-state index in [1.165, 1.54) is 5.39 Å². The SMILES string of the molecule is CC(C)NCCC(C)(O)c1cccc2ccccc12. The molecule has 0 bridgehead atoms. The number of hydrogen-bond acceptors (Lipinski definition) is 2. The second-order valence-corrected chi connectivity index (χ2v) is 5.66. The molecule has 0 spiro atoms. The highest BCUT2D eigenvalue weighted by molar-refractivity contribution is 5.86. The average Bonchev–Trinajstić information content (AvgIpc) is 2.37. The van der Waals surface area contributed by atoms with Gasteiger partial charge in [0.1, 0.15) is 0 Å². The maximum absolute atomic E-state index is 10.8. The molecule has 0 aliphatic rings. The summed E-state index contributed by atoms with van der Waals surface area (Å²) >= 11 is 0. The van der Waals surface area contributed by atoms with Gasteiger partial charge in [0.15, 0.2) is 0 Å². The molecule has 1 atom stereocenters. The van der Waals surface area contributed by atoms with Gasteiger partial charge >= 0.3 is 0 Å². The van der Waals surface area contributed by atoms with E-state index in [0.717, 1.165) is 17.5 Å². The Morgan fingerprint density at radius 1 is 1.11 bits per heavy atom. The summed E-state index contributed by atoms with van der Waals surface area (Å²) in [5.41, 5.74) is 0.208. The van der Waals surface area contributed by atoms with E-state index in [9.17, 15) is 5.11 Å². The van der Waals surface area contributed by atoms with E-state index in [0.29, 0.717) is 12.5 Å². The van der Waals surface area contributed by atoms with Gasteiger partial charge in [0, 0.05) is 6.04 Å². The molecule has 0 radical (unpaired) electrons. The van der Waals surface area contributed by atoms with Crippen molar-refractivity contribution in [2.75, 3.05) is 6.54 Å². The molecule has 0 fully saturated rings. The zero-order chi connectivity index (χ0) is 13.9. The Hall–Kier alpha value is -1.38. The van der Waals surface area contributed by atoms with Crippen LogP contribution < -0.4 is 5.32 Å². The van der Waals surface area contributed by atoms with Gasteiger partial charge in [-0.2, -0.15) is 0 Å². The third kappa shape index (κ3) is 3.34. The van der Waals surface area contributed by atoms with Crippen LogP contribution in [0.3, 0.4) is 0 Å². The van der Waals surface area contributed by atoms with Crippen LogP contribution in [0.5, 0.6) is 0 Å². The minimum atomic E-state index is -0.803. The lowest BCUT2D eigenvalue weighted by molar-refractivity contribution is 0.0490. The molecule has 0 saturated carbocycles. The average molecular weight is 257 g/mol. The van der Waals surface area contributed by atoms with Crippen molar-refractivity contribution in [1.82, 2.24) is 5.32 Å². The lowest BCUT2D eigenvalue weighted by Crippen LogP contribution is -2.31. The zero-order valence-electron chi connectivity index (χ0n) is 12.0. The van der Waals surface area contributed by atoms with Crippen LogP contribution in [-0.4, -0.2) is 17.7 Å². The summed E-state index contributed by atoms with van der Waals surface area (Å²) in [6.07, 6.45) is 0.708. The molecule has 2 aromatic carbocycles. The van der Waals surface area contributed by atoms with Crippen LogP contribution in [0.2, 0.25) is 0 Å². The molecule has 19 heavy (non-hydrogen) atoms. The van der Waals surface area contributed by atoms with Crippen molar-refractivity contribution in [3.8, 4) is 0 Å². The predicted octanol–water partition coefficient (Wildman–Crippen LogP) is 3.44. The Bertz CT molecular complexity index is 540. The first-order valence-corrected chi connectivity index (χ1v) is 6.95. The van der Waals surface area contributed by atoms with E-state index < -0.39 is 5.60 Å². The van der Waals surface area contributed by atoms with E-state index in [4.69, 9.17) is 0 Å². The molecule has 0 heterocycles. The molecule has 2 rings (SSSR count). The minimum absolute atomic E-state index is 0.448. The Kier molecular flexibility index (Phi) is 4.23. The first-order valence-electron chi connectivity index (χ1n) is 6.95. The molecule has 0 amide bonds. The van der Waals surface area contributed by atoms with Gasteiger partial charge in [0.2, 0.25) is 0 Å². The van der Waals surface area contributed by atoms with Gasteiger partial charge in [-0.3, -0.25) is 0 Å². The zero-order valence-corrected chi connectivity index (χ0v) is 12.0. The maximum Gasteiger partial charge on any atom is 0.0886 e. The van der Waals surface area contributed by atoms with Gasteiger partial charge in [0.05, 0.1) is 5.60 Å².